The highest BCUT2D eigenvalue weighted by Crippen LogP contribution is 2.18. The Balaban J connectivity index is 2.13. The standard InChI is InChI=1S/C12H9BrO4S/c13-8-2-1-3-10(6-8)18(16)7-9-4-5-11(17-9)12(14)15/h1-6H,7H2,(H,14,15). The average Bonchev–Trinajstić information content (AvgIpc) is 2.77. The first-order valence-electron chi connectivity index (χ1n) is 5.02. The Morgan fingerprint density at radius 2 is 2.11 bits per heavy atom. The number of aromatic carboxylic acids is 1. The zero-order valence-electron chi connectivity index (χ0n) is 9.13. The summed E-state index contributed by atoms with van der Waals surface area (Å²) in [5, 5.41) is 8.71. The van der Waals surface area contributed by atoms with E-state index in [1.807, 2.05) is 6.07 Å². The third-order valence-corrected chi connectivity index (χ3v) is 4.02. The normalized spacial score (nSPS) is 12.3. The van der Waals surface area contributed by atoms with E-state index >= 15 is 0 Å². The summed E-state index contributed by atoms with van der Waals surface area (Å²) in [5.74, 6) is -0.722. The van der Waals surface area contributed by atoms with E-state index in [-0.39, 0.29) is 11.5 Å². The fourth-order valence-corrected chi connectivity index (χ4v) is 3.01. The summed E-state index contributed by atoms with van der Waals surface area (Å²) in [6.07, 6.45) is 0. The Kier molecular flexibility index (Phi) is 3.98. The number of hydrogen-bond donors (Lipinski definition) is 1. The van der Waals surface area contributed by atoms with Crippen LogP contribution < -0.4 is 0 Å². The minimum atomic E-state index is -1.26. The van der Waals surface area contributed by atoms with E-state index in [0.717, 1.165) is 4.47 Å². The molecular formula is C12H9BrO4S. The molecule has 0 spiro atoms. The maximum atomic E-state index is 12.0. The van der Waals surface area contributed by atoms with E-state index in [0.29, 0.717) is 10.7 Å². The molecular weight excluding hydrogens is 320 g/mol. The van der Waals surface area contributed by atoms with Crippen LogP contribution in [0.25, 0.3) is 0 Å². The number of carbonyl (C=O) groups is 1. The molecule has 2 aromatic rings. The molecule has 1 N–H and O–H groups in total. The third kappa shape index (κ3) is 3.08. The highest BCUT2D eigenvalue weighted by molar-refractivity contribution is 9.10. The van der Waals surface area contributed by atoms with Gasteiger partial charge in [-0.15, -0.1) is 0 Å². The Labute approximate surface area is 114 Å². The van der Waals surface area contributed by atoms with Gasteiger partial charge in [0, 0.05) is 9.37 Å². The van der Waals surface area contributed by atoms with E-state index in [4.69, 9.17) is 9.52 Å². The van der Waals surface area contributed by atoms with Gasteiger partial charge in [-0.3, -0.25) is 4.21 Å². The van der Waals surface area contributed by atoms with Gasteiger partial charge >= 0.3 is 5.97 Å². The number of benzene rings is 1. The SMILES string of the molecule is O=C(O)c1ccc(CS(=O)c2cccc(Br)c2)o1. The zero-order valence-corrected chi connectivity index (χ0v) is 11.5. The van der Waals surface area contributed by atoms with Crippen molar-refractivity contribution in [2.75, 3.05) is 0 Å². The van der Waals surface area contributed by atoms with Crippen LogP contribution in [0, 0.1) is 0 Å². The van der Waals surface area contributed by atoms with Gasteiger partial charge in [-0.25, -0.2) is 4.79 Å². The van der Waals surface area contributed by atoms with Crippen molar-refractivity contribution in [1.29, 1.82) is 0 Å². The maximum Gasteiger partial charge on any atom is 0.371 e. The fourth-order valence-electron chi connectivity index (χ4n) is 1.39. The first-order chi connectivity index (χ1) is 8.56. The van der Waals surface area contributed by atoms with Crippen LogP contribution in [0.2, 0.25) is 0 Å². The summed E-state index contributed by atoms with van der Waals surface area (Å²) < 4.78 is 17.9. The lowest BCUT2D eigenvalue weighted by Crippen LogP contribution is -1.96. The van der Waals surface area contributed by atoms with Crippen molar-refractivity contribution in [2.24, 2.45) is 0 Å². The molecule has 2 rings (SSSR count). The highest BCUT2D eigenvalue weighted by atomic mass is 79.9. The smallest absolute Gasteiger partial charge is 0.371 e. The molecule has 4 nitrogen and oxygen atoms in total. The largest absolute Gasteiger partial charge is 0.475 e. The number of rotatable bonds is 4. The van der Waals surface area contributed by atoms with Crippen LogP contribution in [0.15, 0.2) is 50.2 Å². The van der Waals surface area contributed by atoms with E-state index < -0.39 is 16.8 Å². The summed E-state index contributed by atoms with van der Waals surface area (Å²) in [7, 11) is -1.26. The molecule has 1 atom stereocenters. The van der Waals surface area contributed by atoms with Crippen LogP contribution in [0.1, 0.15) is 16.3 Å². The Morgan fingerprint density at radius 3 is 2.72 bits per heavy atom. The second kappa shape index (κ2) is 5.49. The predicted molar refractivity (Wildman–Crippen MR) is 69.9 cm³/mol. The van der Waals surface area contributed by atoms with Gasteiger partial charge in [0.15, 0.2) is 0 Å². The second-order valence-corrected chi connectivity index (χ2v) is 5.89. The van der Waals surface area contributed by atoms with E-state index in [1.54, 1.807) is 18.2 Å². The monoisotopic (exact) mass is 328 g/mol. The predicted octanol–water partition coefficient (Wildman–Crippen LogP) is 3.05. The van der Waals surface area contributed by atoms with Gasteiger partial charge < -0.3 is 9.52 Å². The number of carboxylic acids is 1. The summed E-state index contributed by atoms with van der Waals surface area (Å²) in [6, 6.07) is 10.0. The lowest BCUT2D eigenvalue weighted by atomic mass is 10.4. The number of carboxylic acid groups (broad SMARTS) is 1. The van der Waals surface area contributed by atoms with Crippen LogP contribution in [0.3, 0.4) is 0 Å². The summed E-state index contributed by atoms with van der Waals surface area (Å²) >= 11 is 3.30. The first-order valence-corrected chi connectivity index (χ1v) is 7.13. The molecule has 0 aliphatic carbocycles. The Bertz CT molecular complexity index is 606. The van der Waals surface area contributed by atoms with E-state index in [9.17, 15) is 9.00 Å². The van der Waals surface area contributed by atoms with Crippen LogP contribution >= 0.6 is 15.9 Å². The molecule has 0 saturated heterocycles. The lowest BCUT2D eigenvalue weighted by Gasteiger charge is -2.00. The van der Waals surface area contributed by atoms with Gasteiger partial charge in [0.1, 0.15) is 5.76 Å². The molecule has 18 heavy (non-hydrogen) atoms. The van der Waals surface area contributed by atoms with E-state index in [1.165, 1.54) is 12.1 Å². The molecule has 0 radical (unpaired) electrons. The molecule has 0 aliphatic heterocycles. The van der Waals surface area contributed by atoms with Crippen molar-refractivity contribution in [3.05, 3.63) is 52.4 Å². The van der Waals surface area contributed by atoms with Gasteiger partial charge in [0.2, 0.25) is 5.76 Å². The molecule has 0 amide bonds. The van der Waals surface area contributed by atoms with Gasteiger partial charge in [0.05, 0.1) is 16.6 Å². The summed E-state index contributed by atoms with van der Waals surface area (Å²) in [6.45, 7) is 0. The van der Waals surface area contributed by atoms with Crippen molar-refractivity contribution in [3.63, 3.8) is 0 Å². The van der Waals surface area contributed by atoms with Crippen molar-refractivity contribution in [1.82, 2.24) is 0 Å². The van der Waals surface area contributed by atoms with Crippen molar-refractivity contribution >= 4 is 32.7 Å². The molecule has 0 bridgehead atoms. The topological polar surface area (TPSA) is 67.5 Å². The molecule has 1 aromatic carbocycles. The summed E-state index contributed by atoms with van der Waals surface area (Å²) in [4.78, 5) is 11.3. The zero-order chi connectivity index (χ0) is 13.1. The summed E-state index contributed by atoms with van der Waals surface area (Å²) in [5.41, 5.74) is 0. The fraction of sp³-hybridized carbons (Fsp3) is 0.0833. The Morgan fingerprint density at radius 1 is 1.33 bits per heavy atom. The molecule has 6 heteroatoms. The molecule has 94 valence electrons. The van der Waals surface area contributed by atoms with Crippen molar-refractivity contribution in [3.8, 4) is 0 Å². The number of halogens is 1. The van der Waals surface area contributed by atoms with Gasteiger partial charge in [-0.05, 0) is 30.3 Å². The molecule has 1 heterocycles. The van der Waals surface area contributed by atoms with Gasteiger partial charge in [0.25, 0.3) is 0 Å². The van der Waals surface area contributed by atoms with Crippen LogP contribution in [-0.2, 0) is 16.6 Å². The number of hydrogen-bond acceptors (Lipinski definition) is 3. The molecule has 1 unspecified atom stereocenters. The molecule has 0 aliphatic rings. The van der Waals surface area contributed by atoms with Gasteiger partial charge in [-0.2, -0.15) is 0 Å². The minimum Gasteiger partial charge on any atom is -0.475 e. The van der Waals surface area contributed by atoms with Crippen molar-refractivity contribution in [2.45, 2.75) is 10.6 Å². The second-order valence-electron chi connectivity index (χ2n) is 3.52. The average molecular weight is 329 g/mol. The van der Waals surface area contributed by atoms with Crippen LogP contribution in [0.4, 0.5) is 0 Å². The third-order valence-electron chi connectivity index (χ3n) is 2.20. The van der Waals surface area contributed by atoms with Crippen molar-refractivity contribution < 1.29 is 18.5 Å². The van der Waals surface area contributed by atoms with Gasteiger partial charge in [-0.1, -0.05) is 22.0 Å². The van der Waals surface area contributed by atoms with Crippen LogP contribution in [0.5, 0.6) is 0 Å². The van der Waals surface area contributed by atoms with Crippen LogP contribution in [-0.4, -0.2) is 15.3 Å². The lowest BCUT2D eigenvalue weighted by molar-refractivity contribution is 0.0661. The first kappa shape index (κ1) is 13.0. The Hall–Kier alpha value is -1.40. The molecule has 0 saturated carbocycles. The molecule has 1 aromatic heterocycles. The molecule has 0 fully saturated rings. The maximum absolute atomic E-state index is 12.0. The quantitative estimate of drug-likeness (QED) is 0.936. The minimum absolute atomic E-state index is 0.142. The highest BCUT2D eigenvalue weighted by Gasteiger charge is 2.12. The van der Waals surface area contributed by atoms with E-state index in [2.05, 4.69) is 15.9 Å². The number of furan rings is 1.